The lowest BCUT2D eigenvalue weighted by Crippen LogP contribution is -2.51. The molecule has 1 aliphatic rings. The van der Waals surface area contributed by atoms with Crippen LogP contribution in [0, 0.1) is 11.3 Å². The second-order valence-corrected chi connectivity index (χ2v) is 5.78. The number of rotatable bonds is 5. The van der Waals surface area contributed by atoms with Crippen LogP contribution in [0.5, 0.6) is 5.75 Å². The summed E-state index contributed by atoms with van der Waals surface area (Å²) in [6, 6.07) is 8.66. The van der Waals surface area contributed by atoms with Crippen LogP contribution >= 0.6 is 0 Å². The van der Waals surface area contributed by atoms with Gasteiger partial charge in [-0.15, -0.1) is 0 Å². The van der Waals surface area contributed by atoms with Crippen LogP contribution in [0.3, 0.4) is 0 Å². The highest BCUT2D eigenvalue weighted by Crippen LogP contribution is 2.19. The van der Waals surface area contributed by atoms with Gasteiger partial charge in [-0.2, -0.15) is 5.26 Å². The minimum atomic E-state index is -0.295. The Kier molecular flexibility index (Phi) is 5.61. The molecule has 0 bridgehead atoms. The lowest BCUT2D eigenvalue weighted by Gasteiger charge is -2.32. The Morgan fingerprint density at radius 3 is 2.69 bits per heavy atom. The monoisotopic (exact) mass is 353 g/mol. The van der Waals surface area contributed by atoms with Crippen molar-refractivity contribution in [2.24, 2.45) is 0 Å². The van der Waals surface area contributed by atoms with Gasteiger partial charge in [-0.05, 0) is 24.3 Å². The number of hydrogen-bond acceptors (Lipinski definition) is 7. The SMILES string of the molecule is CNc1ncc(C(=O)N[C@@H]2COCC[C@H]2Oc2ccc(C#N)cc2)cn1. The molecule has 1 saturated heterocycles. The number of nitrogens with zero attached hydrogens (tertiary/aromatic N) is 3. The molecular weight excluding hydrogens is 334 g/mol. The van der Waals surface area contributed by atoms with Gasteiger partial charge in [0.25, 0.3) is 5.91 Å². The van der Waals surface area contributed by atoms with Crippen molar-refractivity contribution in [2.45, 2.75) is 18.6 Å². The summed E-state index contributed by atoms with van der Waals surface area (Å²) in [5.41, 5.74) is 0.936. The summed E-state index contributed by atoms with van der Waals surface area (Å²) in [6.45, 7) is 0.926. The van der Waals surface area contributed by atoms with Gasteiger partial charge in [0.1, 0.15) is 11.9 Å². The molecule has 8 nitrogen and oxygen atoms in total. The number of nitriles is 1. The average molecular weight is 353 g/mol. The molecule has 8 heteroatoms. The van der Waals surface area contributed by atoms with E-state index in [2.05, 4.69) is 26.7 Å². The molecule has 0 spiro atoms. The number of carbonyl (C=O) groups is 1. The number of carbonyl (C=O) groups excluding carboxylic acids is 1. The van der Waals surface area contributed by atoms with Gasteiger partial charge in [-0.1, -0.05) is 0 Å². The van der Waals surface area contributed by atoms with Crippen LogP contribution in [0.1, 0.15) is 22.3 Å². The van der Waals surface area contributed by atoms with E-state index in [0.717, 1.165) is 0 Å². The number of nitrogens with one attached hydrogen (secondary N) is 2. The molecular formula is C18H19N5O3. The third-order valence-corrected chi connectivity index (χ3v) is 4.02. The van der Waals surface area contributed by atoms with Gasteiger partial charge >= 0.3 is 0 Å². The van der Waals surface area contributed by atoms with E-state index in [1.807, 2.05) is 0 Å². The maximum Gasteiger partial charge on any atom is 0.254 e. The van der Waals surface area contributed by atoms with Gasteiger partial charge in [0.2, 0.25) is 5.95 Å². The highest BCUT2D eigenvalue weighted by Gasteiger charge is 2.29. The predicted molar refractivity (Wildman–Crippen MR) is 93.8 cm³/mol. The molecule has 0 saturated carbocycles. The van der Waals surface area contributed by atoms with Gasteiger partial charge in [-0.25, -0.2) is 9.97 Å². The van der Waals surface area contributed by atoms with Crippen molar-refractivity contribution >= 4 is 11.9 Å². The zero-order chi connectivity index (χ0) is 18.4. The first-order valence-electron chi connectivity index (χ1n) is 8.25. The molecule has 26 heavy (non-hydrogen) atoms. The van der Waals surface area contributed by atoms with Crippen LogP contribution < -0.4 is 15.4 Å². The molecule has 2 aromatic rings. The summed E-state index contributed by atoms with van der Waals surface area (Å²) in [4.78, 5) is 20.5. The minimum Gasteiger partial charge on any atom is -0.488 e. The lowest BCUT2D eigenvalue weighted by molar-refractivity contribution is -0.00289. The van der Waals surface area contributed by atoms with E-state index in [1.54, 1.807) is 31.3 Å². The number of anilines is 1. The zero-order valence-electron chi connectivity index (χ0n) is 14.3. The first-order valence-corrected chi connectivity index (χ1v) is 8.25. The Bertz CT molecular complexity index is 786. The predicted octanol–water partition coefficient (Wildman–Crippen LogP) is 1.36. The van der Waals surface area contributed by atoms with Crippen molar-refractivity contribution in [1.29, 1.82) is 5.26 Å². The first-order chi connectivity index (χ1) is 12.7. The van der Waals surface area contributed by atoms with Crippen molar-refractivity contribution < 1.29 is 14.3 Å². The van der Waals surface area contributed by atoms with Crippen LogP contribution in [0.15, 0.2) is 36.7 Å². The highest BCUT2D eigenvalue weighted by atomic mass is 16.5. The van der Waals surface area contributed by atoms with E-state index in [-0.39, 0.29) is 18.1 Å². The van der Waals surface area contributed by atoms with Crippen LogP contribution in [0.25, 0.3) is 0 Å². The fourth-order valence-electron chi connectivity index (χ4n) is 2.60. The average Bonchev–Trinajstić information content (AvgIpc) is 2.70. The number of hydrogen-bond donors (Lipinski definition) is 2. The topological polar surface area (TPSA) is 109 Å². The van der Waals surface area contributed by atoms with Gasteiger partial charge in [-0.3, -0.25) is 4.79 Å². The quantitative estimate of drug-likeness (QED) is 0.835. The summed E-state index contributed by atoms with van der Waals surface area (Å²) in [5, 5.41) is 14.6. The van der Waals surface area contributed by atoms with E-state index < -0.39 is 0 Å². The summed E-state index contributed by atoms with van der Waals surface area (Å²) >= 11 is 0. The standard InChI is InChI=1S/C18H19N5O3/c1-20-18-21-9-13(10-22-18)17(24)23-15-11-25-7-6-16(15)26-14-4-2-12(8-19)3-5-14/h2-5,9-10,15-16H,6-7,11H2,1H3,(H,23,24)(H,20,21,22)/t15-,16-/m1/s1. The Balaban J connectivity index is 1.65. The molecule has 2 heterocycles. The molecule has 1 aromatic heterocycles. The normalized spacial score (nSPS) is 19.2. The van der Waals surface area contributed by atoms with Crippen molar-refractivity contribution in [1.82, 2.24) is 15.3 Å². The third kappa shape index (κ3) is 4.26. The molecule has 1 fully saturated rings. The molecule has 2 atom stereocenters. The maximum absolute atomic E-state index is 12.4. The van der Waals surface area contributed by atoms with E-state index in [1.165, 1.54) is 12.4 Å². The van der Waals surface area contributed by atoms with Gasteiger partial charge in [0.05, 0.1) is 36.5 Å². The summed E-state index contributed by atoms with van der Waals surface area (Å²) in [6.07, 6.45) is 3.36. The molecule has 0 radical (unpaired) electrons. The third-order valence-electron chi connectivity index (χ3n) is 4.02. The molecule has 1 amide bonds. The van der Waals surface area contributed by atoms with Crippen LogP contribution in [0.4, 0.5) is 5.95 Å². The number of ether oxygens (including phenoxy) is 2. The Labute approximate surface area is 151 Å². The van der Waals surface area contributed by atoms with Crippen LogP contribution in [-0.4, -0.2) is 48.3 Å². The Morgan fingerprint density at radius 2 is 2.04 bits per heavy atom. The second kappa shape index (κ2) is 8.27. The van der Waals surface area contributed by atoms with Crippen LogP contribution in [0.2, 0.25) is 0 Å². The second-order valence-electron chi connectivity index (χ2n) is 5.78. The minimum absolute atomic E-state index is 0.224. The lowest BCUT2D eigenvalue weighted by atomic mass is 10.1. The van der Waals surface area contributed by atoms with Gasteiger partial charge < -0.3 is 20.1 Å². The van der Waals surface area contributed by atoms with Gasteiger partial charge in [0.15, 0.2) is 0 Å². The largest absolute Gasteiger partial charge is 0.488 e. The number of aromatic nitrogens is 2. The zero-order valence-corrected chi connectivity index (χ0v) is 14.3. The highest BCUT2D eigenvalue weighted by molar-refractivity contribution is 5.93. The van der Waals surface area contributed by atoms with E-state index >= 15 is 0 Å². The Morgan fingerprint density at radius 1 is 1.31 bits per heavy atom. The number of benzene rings is 1. The molecule has 0 unspecified atom stereocenters. The summed E-state index contributed by atoms with van der Waals surface area (Å²) < 4.78 is 11.5. The smallest absolute Gasteiger partial charge is 0.254 e. The fraction of sp³-hybridized carbons (Fsp3) is 0.333. The fourth-order valence-corrected chi connectivity index (χ4v) is 2.60. The van der Waals surface area contributed by atoms with Gasteiger partial charge in [0, 0.05) is 25.9 Å². The molecule has 1 aliphatic heterocycles. The molecule has 2 N–H and O–H groups in total. The van der Waals surface area contributed by atoms with E-state index in [0.29, 0.717) is 42.5 Å². The maximum atomic E-state index is 12.4. The first kappa shape index (κ1) is 17.6. The molecule has 1 aromatic carbocycles. The van der Waals surface area contributed by atoms with Crippen LogP contribution in [-0.2, 0) is 4.74 Å². The molecule has 134 valence electrons. The van der Waals surface area contributed by atoms with E-state index in [9.17, 15) is 4.79 Å². The van der Waals surface area contributed by atoms with Crippen molar-refractivity contribution in [3.63, 3.8) is 0 Å². The molecule has 0 aliphatic carbocycles. The van der Waals surface area contributed by atoms with Crippen molar-refractivity contribution in [3.05, 3.63) is 47.8 Å². The van der Waals surface area contributed by atoms with E-state index in [4.69, 9.17) is 14.7 Å². The summed E-state index contributed by atoms with van der Waals surface area (Å²) in [5.74, 6) is 0.818. The van der Waals surface area contributed by atoms with Crippen molar-refractivity contribution in [3.8, 4) is 11.8 Å². The Hall–Kier alpha value is -3.18. The van der Waals surface area contributed by atoms with Crippen molar-refractivity contribution in [2.75, 3.05) is 25.6 Å². The number of amides is 1. The molecule has 3 rings (SSSR count). The summed E-state index contributed by atoms with van der Waals surface area (Å²) in [7, 11) is 1.71.